The predicted molar refractivity (Wildman–Crippen MR) is 117 cm³/mol. The highest BCUT2D eigenvalue weighted by Crippen LogP contribution is 2.34. The van der Waals surface area contributed by atoms with E-state index in [-0.39, 0.29) is 5.91 Å². The van der Waals surface area contributed by atoms with E-state index in [1.807, 2.05) is 75.4 Å². The first-order chi connectivity index (χ1) is 13.8. The van der Waals surface area contributed by atoms with Crippen LogP contribution in [0.1, 0.15) is 31.9 Å². The molecule has 0 saturated heterocycles. The van der Waals surface area contributed by atoms with E-state index in [4.69, 9.17) is 11.6 Å². The number of thioether (sulfide) groups is 1. The second-order valence-corrected chi connectivity index (χ2v) is 8.84. The van der Waals surface area contributed by atoms with Crippen LogP contribution >= 0.6 is 23.4 Å². The highest BCUT2D eigenvalue weighted by molar-refractivity contribution is 7.98. The van der Waals surface area contributed by atoms with Crippen LogP contribution < -0.4 is 5.32 Å². The zero-order valence-corrected chi connectivity index (χ0v) is 18.0. The van der Waals surface area contributed by atoms with Crippen LogP contribution in [0.15, 0.2) is 59.6 Å². The number of nitriles is 1. The van der Waals surface area contributed by atoms with Gasteiger partial charge in [-0.1, -0.05) is 80.5 Å². The van der Waals surface area contributed by atoms with Gasteiger partial charge in [0, 0.05) is 16.2 Å². The van der Waals surface area contributed by atoms with Gasteiger partial charge >= 0.3 is 0 Å². The zero-order chi connectivity index (χ0) is 21.0. The maximum Gasteiger partial charge on any atom is 0.230 e. The Labute approximate surface area is 179 Å². The molecule has 7 heteroatoms. The van der Waals surface area contributed by atoms with E-state index in [1.54, 1.807) is 4.68 Å². The van der Waals surface area contributed by atoms with Gasteiger partial charge in [0.15, 0.2) is 5.82 Å². The first kappa shape index (κ1) is 21.0. The molecule has 3 aromatic rings. The number of amides is 1. The first-order valence-corrected chi connectivity index (χ1v) is 10.4. The molecule has 5 nitrogen and oxygen atoms in total. The van der Waals surface area contributed by atoms with Crippen LogP contribution in [0.25, 0.3) is 5.69 Å². The van der Waals surface area contributed by atoms with Gasteiger partial charge in [-0.05, 0) is 23.8 Å². The van der Waals surface area contributed by atoms with E-state index >= 15 is 0 Å². The van der Waals surface area contributed by atoms with Gasteiger partial charge in [0.05, 0.1) is 5.69 Å². The third-order valence-corrected chi connectivity index (χ3v) is 5.58. The lowest BCUT2D eigenvalue weighted by Gasteiger charge is -2.18. The molecule has 148 valence electrons. The number of benzene rings is 2. The summed E-state index contributed by atoms with van der Waals surface area (Å²) in [5.74, 6) is 0.751. The molecule has 1 amide bonds. The molecule has 0 spiro atoms. The Kier molecular flexibility index (Phi) is 6.31. The number of carbonyl (C=O) groups is 1. The molecule has 0 unspecified atom stereocenters. The van der Waals surface area contributed by atoms with Crippen LogP contribution in [0.4, 0.5) is 5.82 Å². The highest BCUT2D eigenvalue weighted by atomic mass is 35.5. The number of hydrogen-bond donors (Lipinski definition) is 1. The van der Waals surface area contributed by atoms with Crippen molar-refractivity contribution in [2.45, 2.75) is 31.6 Å². The molecular weight excluding hydrogens is 404 g/mol. The SMILES string of the molecule is CC(C)(C)C(=O)Nc1c(C#N)c(SCc2ccccc2Cl)nn1-c1ccccc1. The molecule has 2 aromatic carbocycles. The summed E-state index contributed by atoms with van der Waals surface area (Å²) in [6, 6.07) is 19.2. The van der Waals surface area contributed by atoms with Gasteiger partial charge in [-0.2, -0.15) is 10.4 Å². The number of halogens is 1. The summed E-state index contributed by atoms with van der Waals surface area (Å²) in [4.78, 5) is 12.6. The molecule has 1 aromatic heterocycles. The minimum atomic E-state index is -0.608. The summed E-state index contributed by atoms with van der Waals surface area (Å²) in [7, 11) is 0. The largest absolute Gasteiger partial charge is 0.309 e. The van der Waals surface area contributed by atoms with E-state index in [9.17, 15) is 10.1 Å². The van der Waals surface area contributed by atoms with Gasteiger partial charge in [0.1, 0.15) is 16.7 Å². The molecule has 0 aliphatic heterocycles. The molecule has 0 saturated carbocycles. The molecular formula is C22H21ClN4OS. The number of hydrogen-bond acceptors (Lipinski definition) is 4. The Hall–Kier alpha value is -2.75. The molecule has 0 atom stereocenters. The Morgan fingerprint density at radius 3 is 2.45 bits per heavy atom. The normalized spacial score (nSPS) is 11.1. The average Bonchev–Trinajstić information content (AvgIpc) is 3.04. The minimum Gasteiger partial charge on any atom is -0.309 e. The molecule has 3 rings (SSSR count). The molecule has 1 N–H and O–H groups in total. The predicted octanol–water partition coefficient (Wildman–Crippen LogP) is 5.67. The van der Waals surface area contributed by atoms with Crippen molar-refractivity contribution in [1.82, 2.24) is 9.78 Å². The molecule has 29 heavy (non-hydrogen) atoms. The summed E-state index contributed by atoms with van der Waals surface area (Å²) in [6.45, 7) is 5.47. The number of rotatable bonds is 5. The molecule has 0 fully saturated rings. The Morgan fingerprint density at radius 1 is 1.17 bits per heavy atom. The van der Waals surface area contributed by atoms with Gasteiger partial charge in [-0.15, -0.1) is 0 Å². The number of carbonyl (C=O) groups excluding carboxylic acids is 1. The third kappa shape index (κ3) is 4.81. The van der Waals surface area contributed by atoms with Crippen LogP contribution in [0.2, 0.25) is 5.02 Å². The summed E-state index contributed by atoms with van der Waals surface area (Å²) >= 11 is 7.67. The smallest absolute Gasteiger partial charge is 0.230 e. The lowest BCUT2D eigenvalue weighted by molar-refractivity contribution is -0.123. The lowest BCUT2D eigenvalue weighted by atomic mass is 9.96. The summed E-state index contributed by atoms with van der Waals surface area (Å²) in [5.41, 5.74) is 1.45. The second-order valence-electron chi connectivity index (χ2n) is 7.47. The van der Waals surface area contributed by atoms with E-state index in [2.05, 4.69) is 16.5 Å². The fraction of sp³-hybridized carbons (Fsp3) is 0.227. The van der Waals surface area contributed by atoms with Gasteiger partial charge in [-0.25, -0.2) is 4.68 Å². The van der Waals surface area contributed by atoms with E-state index in [1.165, 1.54) is 11.8 Å². The topological polar surface area (TPSA) is 70.7 Å². The number of anilines is 1. The van der Waals surface area contributed by atoms with Crippen molar-refractivity contribution in [3.8, 4) is 11.8 Å². The fourth-order valence-electron chi connectivity index (χ4n) is 2.53. The number of para-hydroxylation sites is 1. The van der Waals surface area contributed by atoms with E-state index in [0.29, 0.717) is 27.2 Å². The highest BCUT2D eigenvalue weighted by Gasteiger charge is 2.27. The fourth-order valence-corrected chi connectivity index (χ4v) is 3.78. The maximum atomic E-state index is 12.6. The Bertz CT molecular complexity index is 1060. The lowest BCUT2D eigenvalue weighted by Crippen LogP contribution is -2.29. The Morgan fingerprint density at radius 2 is 1.83 bits per heavy atom. The van der Waals surface area contributed by atoms with Gasteiger partial charge in [0.2, 0.25) is 5.91 Å². The quantitative estimate of drug-likeness (QED) is 0.535. The second kappa shape index (κ2) is 8.73. The summed E-state index contributed by atoms with van der Waals surface area (Å²) in [6.07, 6.45) is 0. The van der Waals surface area contributed by atoms with Crippen molar-refractivity contribution in [2.75, 3.05) is 5.32 Å². The van der Waals surface area contributed by atoms with Gasteiger partial charge in [-0.3, -0.25) is 4.79 Å². The van der Waals surface area contributed by atoms with Crippen molar-refractivity contribution < 1.29 is 4.79 Å². The molecule has 0 aliphatic carbocycles. The standard InChI is InChI=1S/C22H21ClN4OS/c1-22(2,3)21(28)25-19-17(13-24)20(26-27(19)16-10-5-4-6-11-16)29-14-15-9-7-8-12-18(15)23/h4-12H,14H2,1-3H3,(H,25,28). The monoisotopic (exact) mass is 424 g/mol. The molecule has 0 aliphatic rings. The van der Waals surface area contributed by atoms with Crippen LogP contribution in [0.5, 0.6) is 0 Å². The van der Waals surface area contributed by atoms with Crippen LogP contribution in [0.3, 0.4) is 0 Å². The van der Waals surface area contributed by atoms with Crippen molar-refractivity contribution >= 4 is 35.1 Å². The van der Waals surface area contributed by atoms with E-state index < -0.39 is 5.41 Å². The van der Waals surface area contributed by atoms with Crippen molar-refractivity contribution in [1.29, 1.82) is 5.26 Å². The Balaban J connectivity index is 2.02. The third-order valence-electron chi connectivity index (χ3n) is 4.20. The van der Waals surface area contributed by atoms with E-state index in [0.717, 1.165) is 11.3 Å². The van der Waals surface area contributed by atoms with Crippen LogP contribution in [0, 0.1) is 16.7 Å². The summed E-state index contributed by atoms with van der Waals surface area (Å²) in [5, 5.41) is 18.6. The molecule has 0 radical (unpaired) electrons. The van der Waals surface area contributed by atoms with Gasteiger partial charge < -0.3 is 5.32 Å². The van der Waals surface area contributed by atoms with Crippen molar-refractivity contribution in [3.05, 3.63) is 70.7 Å². The minimum absolute atomic E-state index is 0.186. The number of nitrogens with one attached hydrogen (secondary N) is 1. The number of aromatic nitrogens is 2. The average molecular weight is 425 g/mol. The first-order valence-electron chi connectivity index (χ1n) is 9.07. The maximum absolute atomic E-state index is 12.6. The van der Waals surface area contributed by atoms with Crippen LogP contribution in [-0.4, -0.2) is 15.7 Å². The molecule has 0 bridgehead atoms. The van der Waals surface area contributed by atoms with Gasteiger partial charge in [0.25, 0.3) is 0 Å². The molecule has 1 heterocycles. The summed E-state index contributed by atoms with van der Waals surface area (Å²) < 4.78 is 1.61. The van der Waals surface area contributed by atoms with Crippen LogP contribution in [-0.2, 0) is 10.5 Å². The number of nitrogens with zero attached hydrogens (tertiary/aromatic N) is 3. The van der Waals surface area contributed by atoms with Crippen molar-refractivity contribution in [2.24, 2.45) is 5.41 Å². The zero-order valence-electron chi connectivity index (χ0n) is 16.4. The van der Waals surface area contributed by atoms with Crippen molar-refractivity contribution in [3.63, 3.8) is 0 Å².